The van der Waals surface area contributed by atoms with E-state index < -0.39 is 18.1 Å². The summed E-state index contributed by atoms with van der Waals surface area (Å²) in [4.78, 5) is 30.2. The Kier molecular flexibility index (Phi) is 17.8. The first-order valence-corrected chi connectivity index (χ1v) is 2.43. The van der Waals surface area contributed by atoms with E-state index in [4.69, 9.17) is 0 Å². The van der Waals surface area contributed by atoms with E-state index in [-0.39, 0.29) is 103 Å². The summed E-state index contributed by atoms with van der Waals surface area (Å²) in [5.74, 6) is -1.63. The Bertz CT molecular complexity index is 161. The van der Waals surface area contributed by atoms with Crippen LogP contribution in [0.2, 0.25) is 0 Å². The van der Waals surface area contributed by atoms with Gasteiger partial charge in [0.15, 0.2) is 0 Å². The zero-order chi connectivity index (χ0) is 8.15. The van der Waals surface area contributed by atoms with Crippen molar-refractivity contribution in [2.24, 2.45) is 0 Å². The first-order valence-electron chi connectivity index (χ1n) is 2.43. The SMILES string of the molecule is CC(=O)OC(=O)OC(C)=O.[KH].[KH]. The van der Waals surface area contributed by atoms with Crippen molar-refractivity contribution in [2.75, 3.05) is 0 Å². The Morgan fingerprint density at radius 1 is 0.833 bits per heavy atom. The van der Waals surface area contributed by atoms with Crippen LogP contribution in [-0.2, 0) is 19.1 Å². The second-order valence-electron chi connectivity index (χ2n) is 1.44. The topological polar surface area (TPSA) is 69.7 Å². The minimum absolute atomic E-state index is 0. The molecule has 0 spiro atoms. The van der Waals surface area contributed by atoms with Crippen LogP contribution in [0.5, 0.6) is 0 Å². The molecule has 5 nitrogen and oxygen atoms in total. The number of carbonyl (C=O) groups is 3. The maximum absolute atomic E-state index is 10.2. The van der Waals surface area contributed by atoms with Gasteiger partial charge in [0, 0.05) is 13.8 Å². The number of ether oxygens (including phenoxy) is 2. The van der Waals surface area contributed by atoms with E-state index in [1.54, 1.807) is 0 Å². The number of rotatable bonds is 0. The van der Waals surface area contributed by atoms with Gasteiger partial charge in [-0.25, -0.2) is 4.79 Å². The van der Waals surface area contributed by atoms with Gasteiger partial charge in [-0.3, -0.25) is 9.59 Å². The third-order valence-corrected chi connectivity index (χ3v) is 0.454. The molecular formula is C5H8K2O5. The summed E-state index contributed by atoms with van der Waals surface area (Å²) in [6.45, 7) is 2.06. The molecule has 0 aliphatic rings. The average Bonchev–Trinajstić information content (AvgIpc) is 1.58. The molecule has 0 aromatic carbocycles. The van der Waals surface area contributed by atoms with Gasteiger partial charge in [-0.1, -0.05) is 0 Å². The van der Waals surface area contributed by atoms with Crippen molar-refractivity contribution in [3.63, 3.8) is 0 Å². The van der Waals surface area contributed by atoms with Crippen LogP contribution in [0.15, 0.2) is 0 Å². The van der Waals surface area contributed by atoms with E-state index in [1.165, 1.54) is 0 Å². The molecule has 0 aliphatic heterocycles. The van der Waals surface area contributed by atoms with E-state index in [0.29, 0.717) is 0 Å². The molecule has 12 heavy (non-hydrogen) atoms. The molecular weight excluding hydrogens is 218 g/mol. The molecule has 0 aliphatic carbocycles. The van der Waals surface area contributed by atoms with Crippen molar-refractivity contribution in [3.8, 4) is 0 Å². The van der Waals surface area contributed by atoms with Crippen LogP contribution in [0, 0.1) is 0 Å². The van der Waals surface area contributed by atoms with Crippen LogP contribution < -0.4 is 0 Å². The summed E-state index contributed by atoms with van der Waals surface area (Å²) in [6, 6.07) is 0. The fourth-order valence-corrected chi connectivity index (χ4v) is 0.256. The predicted molar refractivity (Wildman–Crippen MR) is 43.2 cm³/mol. The number of carbonyl (C=O) groups excluding carboxylic acids is 3. The number of hydrogen-bond donors (Lipinski definition) is 0. The Morgan fingerprint density at radius 3 is 1.25 bits per heavy atom. The van der Waals surface area contributed by atoms with Crippen LogP contribution in [0.1, 0.15) is 13.8 Å². The third kappa shape index (κ3) is 14.4. The van der Waals surface area contributed by atoms with Crippen LogP contribution in [-0.4, -0.2) is 121 Å². The maximum atomic E-state index is 10.2. The van der Waals surface area contributed by atoms with E-state index in [2.05, 4.69) is 9.47 Å². The Labute approximate surface area is 155 Å². The molecule has 0 amide bonds. The zero-order valence-electron chi connectivity index (χ0n) is 5.54. The molecule has 60 valence electrons. The second kappa shape index (κ2) is 11.0. The molecule has 0 atom stereocenters. The van der Waals surface area contributed by atoms with Gasteiger partial charge < -0.3 is 9.47 Å². The predicted octanol–water partition coefficient (Wildman–Crippen LogP) is -1.06. The molecule has 0 saturated carbocycles. The van der Waals surface area contributed by atoms with E-state index >= 15 is 0 Å². The number of hydrogen-bond acceptors (Lipinski definition) is 5. The number of esters is 2. The zero-order valence-corrected chi connectivity index (χ0v) is 5.54. The van der Waals surface area contributed by atoms with Gasteiger partial charge in [0.1, 0.15) is 0 Å². The van der Waals surface area contributed by atoms with Crippen LogP contribution >= 0.6 is 0 Å². The molecule has 0 heterocycles. The van der Waals surface area contributed by atoms with Gasteiger partial charge >= 0.3 is 121 Å². The monoisotopic (exact) mass is 226 g/mol. The van der Waals surface area contributed by atoms with Crippen LogP contribution in [0.4, 0.5) is 4.79 Å². The molecule has 0 rings (SSSR count). The summed E-state index contributed by atoms with van der Waals surface area (Å²) in [6.07, 6.45) is -1.29. The van der Waals surface area contributed by atoms with Crippen molar-refractivity contribution in [2.45, 2.75) is 13.8 Å². The summed E-state index contributed by atoms with van der Waals surface area (Å²) in [5.41, 5.74) is 0. The quantitative estimate of drug-likeness (QED) is 0.299. The van der Waals surface area contributed by atoms with Gasteiger partial charge in [-0.2, -0.15) is 0 Å². The van der Waals surface area contributed by atoms with Crippen LogP contribution in [0.25, 0.3) is 0 Å². The molecule has 0 unspecified atom stereocenters. The van der Waals surface area contributed by atoms with Gasteiger partial charge in [0.2, 0.25) is 0 Å². The van der Waals surface area contributed by atoms with Crippen LogP contribution in [0.3, 0.4) is 0 Å². The Balaban J connectivity index is -0.000000405. The first-order chi connectivity index (χ1) is 4.52. The van der Waals surface area contributed by atoms with Crippen molar-refractivity contribution < 1.29 is 23.9 Å². The molecule has 0 radical (unpaired) electrons. The standard InChI is InChI=1S/C5H6O5.2K.2H/c1-3(6)9-5(8)10-4(2)7;;;;/h1-2H3;;;;. The second-order valence-corrected chi connectivity index (χ2v) is 1.44. The van der Waals surface area contributed by atoms with Crippen molar-refractivity contribution >= 4 is 121 Å². The normalized spacial score (nSPS) is 6.83. The Morgan fingerprint density at radius 2 is 1.08 bits per heavy atom. The fraction of sp³-hybridized carbons (Fsp3) is 0.400. The fourth-order valence-electron chi connectivity index (χ4n) is 0.256. The molecule has 7 heteroatoms. The third-order valence-electron chi connectivity index (χ3n) is 0.454. The summed E-state index contributed by atoms with van der Waals surface area (Å²) >= 11 is 0. The van der Waals surface area contributed by atoms with Crippen molar-refractivity contribution in [3.05, 3.63) is 0 Å². The van der Waals surface area contributed by atoms with Gasteiger partial charge in [0.05, 0.1) is 0 Å². The van der Waals surface area contributed by atoms with E-state index in [9.17, 15) is 14.4 Å². The van der Waals surface area contributed by atoms with Gasteiger partial charge in [-0.05, 0) is 0 Å². The van der Waals surface area contributed by atoms with Crippen molar-refractivity contribution in [1.29, 1.82) is 0 Å². The molecule has 0 saturated heterocycles. The van der Waals surface area contributed by atoms with E-state index in [1.807, 2.05) is 0 Å². The molecule has 0 N–H and O–H groups in total. The summed E-state index contributed by atoms with van der Waals surface area (Å²) in [5, 5.41) is 0. The van der Waals surface area contributed by atoms with Gasteiger partial charge in [0.25, 0.3) is 0 Å². The molecule has 0 aromatic rings. The summed E-state index contributed by atoms with van der Waals surface area (Å²) < 4.78 is 7.68. The molecule has 0 fully saturated rings. The molecule has 0 aromatic heterocycles. The van der Waals surface area contributed by atoms with Gasteiger partial charge in [-0.15, -0.1) is 0 Å². The Hall–Kier alpha value is 1.88. The first kappa shape index (κ1) is 19.5. The average molecular weight is 226 g/mol. The summed E-state index contributed by atoms with van der Waals surface area (Å²) in [7, 11) is 0. The van der Waals surface area contributed by atoms with Crippen molar-refractivity contribution in [1.82, 2.24) is 0 Å². The van der Waals surface area contributed by atoms with E-state index in [0.717, 1.165) is 13.8 Å². The minimum atomic E-state index is -1.29. The molecule has 0 bridgehead atoms.